The average Bonchev–Trinajstić information content (AvgIpc) is 2.82. The van der Waals surface area contributed by atoms with Crippen molar-refractivity contribution >= 4 is 17.3 Å². The fourth-order valence-corrected chi connectivity index (χ4v) is 4.69. The summed E-state index contributed by atoms with van der Waals surface area (Å²) in [7, 11) is 0. The van der Waals surface area contributed by atoms with E-state index in [9.17, 15) is 4.79 Å². The molecule has 1 aromatic rings. The molecule has 3 aliphatic rings. The van der Waals surface area contributed by atoms with Gasteiger partial charge in [-0.15, -0.1) is 0 Å². The summed E-state index contributed by atoms with van der Waals surface area (Å²) in [6.07, 6.45) is 4.08. The topological polar surface area (TPSA) is 55.1 Å². The van der Waals surface area contributed by atoms with Crippen molar-refractivity contribution in [1.82, 2.24) is 0 Å². The Morgan fingerprint density at radius 3 is 2.58 bits per heavy atom. The summed E-state index contributed by atoms with van der Waals surface area (Å²) in [5.74, 6) is 3.51. The molecular formula is C16H20N2O. The Balaban J connectivity index is 1.48. The van der Waals surface area contributed by atoms with Gasteiger partial charge in [0.05, 0.1) is 11.4 Å². The van der Waals surface area contributed by atoms with E-state index in [1.807, 2.05) is 25.1 Å². The normalized spacial score (nSPS) is 38.1. The second-order valence-electron chi connectivity index (χ2n) is 6.59. The van der Waals surface area contributed by atoms with E-state index >= 15 is 0 Å². The van der Waals surface area contributed by atoms with Crippen LogP contribution in [-0.4, -0.2) is 5.91 Å². The summed E-state index contributed by atoms with van der Waals surface area (Å²) in [4.78, 5) is 12.4. The average molecular weight is 256 g/mol. The van der Waals surface area contributed by atoms with Crippen molar-refractivity contribution in [2.45, 2.75) is 26.2 Å². The zero-order valence-corrected chi connectivity index (χ0v) is 11.2. The van der Waals surface area contributed by atoms with Crippen LogP contribution in [0, 0.1) is 36.5 Å². The smallest absolute Gasteiger partial charge is 0.228 e. The van der Waals surface area contributed by atoms with Crippen LogP contribution in [0.4, 0.5) is 11.4 Å². The summed E-state index contributed by atoms with van der Waals surface area (Å²) < 4.78 is 0. The molecule has 4 atom stereocenters. The third kappa shape index (κ3) is 1.60. The van der Waals surface area contributed by atoms with Crippen molar-refractivity contribution in [1.29, 1.82) is 0 Å². The molecule has 0 radical (unpaired) electrons. The molecule has 4 unspecified atom stereocenters. The second kappa shape index (κ2) is 3.75. The number of amides is 1. The predicted molar refractivity (Wildman–Crippen MR) is 75.5 cm³/mol. The summed E-state index contributed by atoms with van der Waals surface area (Å²) >= 11 is 0. The third-order valence-electron chi connectivity index (χ3n) is 5.50. The van der Waals surface area contributed by atoms with Crippen LogP contribution in [-0.2, 0) is 4.79 Å². The van der Waals surface area contributed by atoms with Crippen molar-refractivity contribution in [3.8, 4) is 0 Å². The van der Waals surface area contributed by atoms with Gasteiger partial charge in [0, 0.05) is 5.92 Å². The molecule has 0 aliphatic heterocycles. The van der Waals surface area contributed by atoms with Crippen molar-refractivity contribution < 1.29 is 4.79 Å². The number of nitrogens with two attached hydrogens (primary N) is 1. The molecule has 3 fully saturated rings. The van der Waals surface area contributed by atoms with E-state index in [4.69, 9.17) is 5.73 Å². The molecule has 0 heterocycles. The molecule has 3 N–H and O–H groups in total. The van der Waals surface area contributed by atoms with Gasteiger partial charge in [0.2, 0.25) is 5.91 Å². The van der Waals surface area contributed by atoms with E-state index in [0.717, 1.165) is 23.1 Å². The Bertz CT molecular complexity index is 538. The van der Waals surface area contributed by atoms with E-state index in [1.54, 1.807) is 0 Å². The number of nitrogen functional groups attached to an aromatic ring is 1. The van der Waals surface area contributed by atoms with Gasteiger partial charge in [0.25, 0.3) is 0 Å². The lowest BCUT2D eigenvalue weighted by molar-refractivity contribution is -0.118. The van der Waals surface area contributed by atoms with Gasteiger partial charge >= 0.3 is 0 Å². The molecule has 19 heavy (non-hydrogen) atoms. The zero-order chi connectivity index (χ0) is 13.1. The molecule has 3 saturated carbocycles. The van der Waals surface area contributed by atoms with Gasteiger partial charge in [0.1, 0.15) is 0 Å². The fourth-order valence-electron chi connectivity index (χ4n) is 4.69. The SMILES string of the molecule is Cc1ccc(NC(=O)C2C3C4CCC(C4)C23)c(N)c1. The Kier molecular flexibility index (Phi) is 2.23. The molecule has 0 spiro atoms. The highest BCUT2D eigenvalue weighted by atomic mass is 16.2. The van der Waals surface area contributed by atoms with Gasteiger partial charge in [0.15, 0.2) is 0 Å². The molecule has 3 aliphatic carbocycles. The maximum absolute atomic E-state index is 12.4. The number of hydrogen-bond donors (Lipinski definition) is 2. The molecule has 3 nitrogen and oxygen atoms in total. The van der Waals surface area contributed by atoms with Gasteiger partial charge in [-0.1, -0.05) is 6.07 Å². The van der Waals surface area contributed by atoms with Crippen LogP contribution in [0.15, 0.2) is 18.2 Å². The van der Waals surface area contributed by atoms with Crippen LogP contribution in [0.2, 0.25) is 0 Å². The van der Waals surface area contributed by atoms with Crippen molar-refractivity contribution in [2.75, 3.05) is 11.1 Å². The Morgan fingerprint density at radius 2 is 1.95 bits per heavy atom. The van der Waals surface area contributed by atoms with Crippen LogP contribution < -0.4 is 11.1 Å². The summed E-state index contributed by atoms with van der Waals surface area (Å²) in [6.45, 7) is 2.00. The van der Waals surface area contributed by atoms with E-state index in [-0.39, 0.29) is 11.8 Å². The molecule has 0 aromatic heterocycles. The number of rotatable bonds is 2. The van der Waals surface area contributed by atoms with Crippen LogP contribution >= 0.6 is 0 Å². The monoisotopic (exact) mass is 256 g/mol. The number of hydrogen-bond acceptors (Lipinski definition) is 2. The maximum Gasteiger partial charge on any atom is 0.228 e. The van der Waals surface area contributed by atoms with Gasteiger partial charge in [-0.3, -0.25) is 4.79 Å². The first-order chi connectivity index (χ1) is 9.15. The fraction of sp³-hybridized carbons (Fsp3) is 0.562. The van der Waals surface area contributed by atoms with E-state index in [0.29, 0.717) is 17.5 Å². The van der Waals surface area contributed by atoms with Crippen molar-refractivity contribution in [3.63, 3.8) is 0 Å². The lowest BCUT2D eigenvalue weighted by atomic mass is 10.0. The standard InChI is InChI=1S/C16H20N2O/c1-8-2-5-12(11(17)6-8)18-16(19)15-13-9-3-4-10(7-9)14(13)15/h2,5-6,9-10,13-15H,3-4,7,17H2,1H3,(H,18,19). The molecule has 2 bridgehead atoms. The van der Waals surface area contributed by atoms with Crippen LogP contribution in [0.25, 0.3) is 0 Å². The number of benzene rings is 1. The van der Waals surface area contributed by atoms with Gasteiger partial charge in [-0.2, -0.15) is 0 Å². The molecule has 3 heteroatoms. The van der Waals surface area contributed by atoms with E-state index in [2.05, 4.69) is 5.32 Å². The summed E-state index contributed by atoms with van der Waals surface area (Å²) in [5, 5.41) is 3.03. The number of fused-ring (bicyclic) bond motifs is 5. The molecule has 0 saturated heterocycles. The molecular weight excluding hydrogens is 236 g/mol. The zero-order valence-electron chi connectivity index (χ0n) is 11.2. The van der Waals surface area contributed by atoms with Gasteiger partial charge in [-0.05, 0) is 67.6 Å². The highest BCUT2D eigenvalue weighted by molar-refractivity contribution is 5.97. The Hall–Kier alpha value is -1.51. The lowest BCUT2D eigenvalue weighted by Gasteiger charge is -2.11. The van der Waals surface area contributed by atoms with Crippen molar-refractivity contribution in [3.05, 3.63) is 23.8 Å². The van der Waals surface area contributed by atoms with Crippen LogP contribution in [0.1, 0.15) is 24.8 Å². The van der Waals surface area contributed by atoms with Crippen LogP contribution in [0.5, 0.6) is 0 Å². The predicted octanol–water partition coefficient (Wildman–Crippen LogP) is 2.81. The maximum atomic E-state index is 12.4. The number of carbonyl (C=O) groups excluding carboxylic acids is 1. The number of nitrogens with one attached hydrogen (secondary N) is 1. The summed E-state index contributed by atoms with van der Waals surface area (Å²) in [5.41, 5.74) is 8.52. The third-order valence-corrected chi connectivity index (χ3v) is 5.50. The summed E-state index contributed by atoms with van der Waals surface area (Å²) in [6, 6.07) is 5.81. The largest absolute Gasteiger partial charge is 0.397 e. The van der Waals surface area contributed by atoms with Crippen molar-refractivity contribution in [2.24, 2.45) is 29.6 Å². The lowest BCUT2D eigenvalue weighted by Crippen LogP contribution is -2.19. The second-order valence-corrected chi connectivity index (χ2v) is 6.59. The first kappa shape index (κ1) is 11.3. The quantitative estimate of drug-likeness (QED) is 0.799. The molecule has 4 rings (SSSR count). The van der Waals surface area contributed by atoms with E-state index < -0.39 is 0 Å². The minimum Gasteiger partial charge on any atom is -0.397 e. The Labute approximate surface area is 113 Å². The minimum absolute atomic E-state index is 0.196. The number of carbonyl (C=O) groups is 1. The first-order valence-electron chi connectivity index (χ1n) is 7.32. The molecule has 1 amide bonds. The van der Waals surface area contributed by atoms with Gasteiger partial charge in [-0.25, -0.2) is 0 Å². The number of anilines is 2. The van der Waals surface area contributed by atoms with Gasteiger partial charge < -0.3 is 11.1 Å². The highest BCUT2D eigenvalue weighted by Crippen LogP contribution is 2.69. The van der Waals surface area contributed by atoms with E-state index in [1.165, 1.54) is 19.3 Å². The Morgan fingerprint density at radius 1 is 1.26 bits per heavy atom. The molecule has 1 aromatic carbocycles. The van der Waals surface area contributed by atoms with Crippen LogP contribution in [0.3, 0.4) is 0 Å². The number of aryl methyl sites for hydroxylation is 1. The molecule has 100 valence electrons. The minimum atomic E-state index is 0.196. The first-order valence-corrected chi connectivity index (χ1v) is 7.32. The highest BCUT2D eigenvalue weighted by Gasteiger charge is 2.67.